The van der Waals surface area contributed by atoms with Gasteiger partial charge in [0.25, 0.3) is 0 Å². The molecule has 3 amide bonds. The van der Waals surface area contributed by atoms with Crippen LogP contribution in [0.15, 0.2) is 24.3 Å². The van der Waals surface area contributed by atoms with Gasteiger partial charge in [0.15, 0.2) is 0 Å². The van der Waals surface area contributed by atoms with Gasteiger partial charge in [-0.05, 0) is 17.7 Å². The number of amides is 3. The number of nitrogens with zero attached hydrogens (tertiary/aromatic N) is 2. The quantitative estimate of drug-likeness (QED) is 0.741. The molecule has 0 bridgehead atoms. The van der Waals surface area contributed by atoms with Gasteiger partial charge < -0.3 is 20.3 Å². The molecule has 0 aromatic heterocycles. The molecule has 3 rings (SSSR count). The SMILES string of the molecule is COc1cccc(CN2CCNC(=O)[C@@H]2CC(=O)N2CCNC(=O)CC2)c1. The maximum atomic E-state index is 12.7. The number of ether oxygens (including phenoxy) is 1. The molecular weight excluding hydrogens is 348 g/mol. The van der Waals surface area contributed by atoms with Crippen molar-refractivity contribution in [3.05, 3.63) is 29.8 Å². The molecule has 1 atom stereocenters. The lowest BCUT2D eigenvalue weighted by Crippen LogP contribution is -2.56. The standard InChI is InChI=1S/C19H26N4O4/c1-27-15-4-2-3-14(11-15)13-23-10-7-21-19(26)16(23)12-18(25)22-8-5-17(24)20-6-9-22/h2-4,11,16H,5-10,12-13H2,1H3,(H,20,24)(H,21,26)/t16-/m0/s1. The number of rotatable bonds is 5. The number of carbonyl (C=O) groups excluding carboxylic acids is 3. The summed E-state index contributed by atoms with van der Waals surface area (Å²) in [6.07, 6.45) is 0.417. The molecule has 2 aliphatic rings. The van der Waals surface area contributed by atoms with Crippen molar-refractivity contribution >= 4 is 17.7 Å². The van der Waals surface area contributed by atoms with Crippen LogP contribution in [0.2, 0.25) is 0 Å². The highest BCUT2D eigenvalue weighted by molar-refractivity contribution is 5.89. The molecule has 8 heteroatoms. The van der Waals surface area contributed by atoms with E-state index in [9.17, 15) is 14.4 Å². The molecule has 146 valence electrons. The number of hydrogen-bond acceptors (Lipinski definition) is 5. The van der Waals surface area contributed by atoms with E-state index in [1.54, 1.807) is 12.0 Å². The fraction of sp³-hybridized carbons (Fsp3) is 0.526. The normalized spacial score (nSPS) is 21.2. The monoisotopic (exact) mass is 374 g/mol. The van der Waals surface area contributed by atoms with E-state index in [0.717, 1.165) is 11.3 Å². The summed E-state index contributed by atoms with van der Waals surface area (Å²) in [5.74, 6) is 0.509. The van der Waals surface area contributed by atoms with Crippen molar-refractivity contribution in [1.29, 1.82) is 0 Å². The zero-order valence-electron chi connectivity index (χ0n) is 15.6. The Morgan fingerprint density at radius 3 is 2.81 bits per heavy atom. The number of benzene rings is 1. The lowest BCUT2D eigenvalue weighted by molar-refractivity contribution is -0.139. The first-order valence-electron chi connectivity index (χ1n) is 9.26. The number of hydrogen-bond donors (Lipinski definition) is 2. The molecule has 27 heavy (non-hydrogen) atoms. The van der Waals surface area contributed by atoms with Gasteiger partial charge in [0.1, 0.15) is 5.75 Å². The van der Waals surface area contributed by atoms with E-state index < -0.39 is 6.04 Å². The van der Waals surface area contributed by atoms with Crippen LogP contribution < -0.4 is 15.4 Å². The first kappa shape index (κ1) is 19.2. The van der Waals surface area contributed by atoms with Gasteiger partial charge in [-0.15, -0.1) is 0 Å². The van der Waals surface area contributed by atoms with Crippen molar-refractivity contribution in [3.8, 4) is 5.75 Å². The Morgan fingerprint density at radius 1 is 1.19 bits per heavy atom. The second kappa shape index (κ2) is 8.85. The number of piperazine rings is 1. The molecule has 0 aliphatic carbocycles. The minimum absolute atomic E-state index is 0.0413. The highest BCUT2D eigenvalue weighted by Crippen LogP contribution is 2.18. The van der Waals surface area contributed by atoms with Gasteiger partial charge in [-0.25, -0.2) is 0 Å². The molecule has 2 aliphatic heterocycles. The lowest BCUT2D eigenvalue weighted by atomic mass is 10.1. The minimum atomic E-state index is -0.510. The first-order chi connectivity index (χ1) is 13.1. The fourth-order valence-corrected chi connectivity index (χ4v) is 3.49. The molecule has 0 spiro atoms. The summed E-state index contributed by atoms with van der Waals surface area (Å²) in [7, 11) is 1.62. The van der Waals surface area contributed by atoms with Crippen molar-refractivity contribution in [2.24, 2.45) is 0 Å². The summed E-state index contributed by atoms with van der Waals surface area (Å²) < 4.78 is 5.26. The van der Waals surface area contributed by atoms with Gasteiger partial charge in [0, 0.05) is 45.7 Å². The Morgan fingerprint density at radius 2 is 2.00 bits per heavy atom. The molecule has 0 radical (unpaired) electrons. The van der Waals surface area contributed by atoms with Crippen LogP contribution in [-0.2, 0) is 20.9 Å². The zero-order valence-corrected chi connectivity index (χ0v) is 15.6. The Hall–Kier alpha value is -2.61. The van der Waals surface area contributed by atoms with E-state index in [1.165, 1.54) is 0 Å². The fourth-order valence-electron chi connectivity index (χ4n) is 3.49. The van der Waals surface area contributed by atoms with Crippen LogP contribution in [0, 0.1) is 0 Å². The van der Waals surface area contributed by atoms with Gasteiger partial charge >= 0.3 is 0 Å². The summed E-state index contributed by atoms with van der Waals surface area (Å²) >= 11 is 0. The summed E-state index contributed by atoms with van der Waals surface area (Å²) in [4.78, 5) is 40.3. The Balaban J connectivity index is 1.67. The van der Waals surface area contributed by atoms with Crippen molar-refractivity contribution in [1.82, 2.24) is 20.4 Å². The summed E-state index contributed by atoms with van der Waals surface area (Å²) in [6.45, 7) is 3.15. The van der Waals surface area contributed by atoms with Crippen LogP contribution in [0.25, 0.3) is 0 Å². The van der Waals surface area contributed by atoms with E-state index in [0.29, 0.717) is 45.7 Å². The van der Waals surface area contributed by atoms with Crippen molar-refractivity contribution in [2.45, 2.75) is 25.4 Å². The number of nitrogens with one attached hydrogen (secondary N) is 2. The van der Waals surface area contributed by atoms with E-state index in [1.807, 2.05) is 29.2 Å². The predicted octanol–water partition coefficient (Wildman–Crippen LogP) is -0.266. The minimum Gasteiger partial charge on any atom is -0.497 e. The Kier molecular flexibility index (Phi) is 6.28. The van der Waals surface area contributed by atoms with E-state index in [2.05, 4.69) is 10.6 Å². The number of methoxy groups -OCH3 is 1. The van der Waals surface area contributed by atoms with Gasteiger partial charge in [-0.3, -0.25) is 19.3 Å². The lowest BCUT2D eigenvalue weighted by Gasteiger charge is -2.35. The van der Waals surface area contributed by atoms with Crippen LogP contribution >= 0.6 is 0 Å². The molecule has 1 aromatic rings. The molecule has 2 saturated heterocycles. The Bertz CT molecular complexity index is 709. The maximum Gasteiger partial charge on any atom is 0.237 e. The molecule has 2 N–H and O–H groups in total. The van der Waals surface area contributed by atoms with Gasteiger partial charge in [0.2, 0.25) is 17.7 Å². The van der Waals surface area contributed by atoms with E-state index in [4.69, 9.17) is 4.74 Å². The molecule has 1 aromatic carbocycles. The second-order valence-corrected chi connectivity index (χ2v) is 6.81. The van der Waals surface area contributed by atoms with Crippen LogP contribution in [-0.4, -0.2) is 73.4 Å². The molecule has 2 fully saturated rings. The average molecular weight is 374 g/mol. The molecule has 0 unspecified atom stereocenters. The smallest absolute Gasteiger partial charge is 0.237 e. The third-order valence-electron chi connectivity index (χ3n) is 4.99. The maximum absolute atomic E-state index is 12.7. The van der Waals surface area contributed by atoms with Crippen LogP contribution in [0.3, 0.4) is 0 Å². The summed E-state index contributed by atoms with van der Waals surface area (Å²) in [5.41, 5.74) is 1.03. The van der Waals surface area contributed by atoms with Crippen molar-refractivity contribution < 1.29 is 19.1 Å². The van der Waals surface area contributed by atoms with Crippen molar-refractivity contribution in [3.63, 3.8) is 0 Å². The van der Waals surface area contributed by atoms with Crippen LogP contribution in [0.5, 0.6) is 5.75 Å². The summed E-state index contributed by atoms with van der Waals surface area (Å²) in [5, 5.41) is 5.62. The molecule has 2 heterocycles. The molecular formula is C19H26N4O4. The van der Waals surface area contributed by atoms with Gasteiger partial charge in [-0.2, -0.15) is 0 Å². The van der Waals surface area contributed by atoms with Crippen LogP contribution in [0.4, 0.5) is 0 Å². The third kappa shape index (κ3) is 4.97. The average Bonchev–Trinajstić information content (AvgIpc) is 2.89. The third-order valence-corrected chi connectivity index (χ3v) is 4.99. The van der Waals surface area contributed by atoms with Crippen molar-refractivity contribution in [2.75, 3.05) is 39.8 Å². The zero-order chi connectivity index (χ0) is 19.2. The second-order valence-electron chi connectivity index (χ2n) is 6.81. The van der Waals surface area contributed by atoms with E-state index >= 15 is 0 Å². The van der Waals surface area contributed by atoms with Gasteiger partial charge in [-0.1, -0.05) is 12.1 Å². The van der Waals surface area contributed by atoms with Gasteiger partial charge in [0.05, 0.1) is 19.6 Å². The number of carbonyl (C=O) groups is 3. The first-order valence-corrected chi connectivity index (χ1v) is 9.26. The van der Waals surface area contributed by atoms with E-state index in [-0.39, 0.29) is 24.1 Å². The predicted molar refractivity (Wildman–Crippen MR) is 99.0 cm³/mol. The van der Waals surface area contributed by atoms with Crippen LogP contribution in [0.1, 0.15) is 18.4 Å². The summed E-state index contributed by atoms with van der Waals surface area (Å²) in [6, 6.07) is 7.21. The highest BCUT2D eigenvalue weighted by atomic mass is 16.5. The molecule has 0 saturated carbocycles. The largest absolute Gasteiger partial charge is 0.497 e. The highest BCUT2D eigenvalue weighted by Gasteiger charge is 2.33. The molecule has 8 nitrogen and oxygen atoms in total. The topological polar surface area (TPSA) is 91.0 Å². The Labute approximate surface area is 158 Å².